The number of benzene rings is 1. The fourth-order valence-corrected chi connectivity index (χ4v) is 3.74. The Labute approximate surface area is 166 Å². The van der Waals surface area contributed by atoms with Crippen LogP contribution < -0.4 is 4.74 Å². The summed E-state index contributed by atoms with van der Waals surface area (Å²) in [7, 11) is 1.51. The number of Topliss-reactive ketones (excluding diaryl/α,β-unsaturated/α-hetero) is 1. The topological polar surface area (TPSA) is 59.5 Å². The highest BCUT2D eigenvalue weighted by Gasteiger charge is 2.29. The second-order valence-corrected chi connectivity index (χ2v) is 7.79. The van der Waals surface area contributed by atoms with Crippen LogP contribution >= 0.6 is 0 Å². The molecule has 2 aromatic rings. The highest BCUT2D eigenvalue weighted by atomic mass is 16.5. The van der Waals surface area contributed by atoms with Crippen molar-refractivity contribution in [3.05, 3.63) is 59.3 Å². The van der Waals surface area contributed by atoms with Crippen molar-refractivity contribution in [1.29, 1.82) is 0 Å². The lowest BCUT2D eigenvalue weighted by Gasteiger charge is -2.31. The number of amides is 1. The molecule has 2 heterocycles. The van der Waals surface area contributed by atoms with E-state index in [1.54, 1.807) is 23.2 Å². The van der Waals surface area contributed by atoms with Gasteiger partial charge in [-0.2, -0.15) is 0 Å². The number of ether oxygens (including phenoxy) is 1. The summed E-state index contributed by atoms with van der Waals surface area (Å²) in [4.78, 5) is 31.5. The third-order valence-corrected chi connectivity index (χ3v) is 5.23. The summed E-state index contributed by atoms with van der Waals surface area (Å²) in [5, 5.41) is 0. The van der Waals surface area contributed by atoms with Crippen LogP contribution in [0.4, 0.5) is 0 Å². The summed E-state index contributed by atoms with van der Waals surface area (Å²) in [5.41, 5.74) is 2.50. The molecule has 148 valence electrons. The Morgan fingerprint density at radius 1 is 1.14 bits per heavy atom. The van der Waals surface area contributed by atoms with Crippen molar-refractivity contribution in [3.8, 4) is 5.88 Å². The molecule has 28 heavy (non-hydrogen) atoms. The Morgan fingerprint density at radius 2 is 1.82 bits per heavy atom. The summed E-state index contributed by atoms with van der Waals surface area (Å²) in [5.74, 6) is 1.00. The van der Waals surface area contributed by atoms with Gasteiger partial charge in [0.25, 0.3) is 5.91 Å². The first-order valence-corrected chi connectivity index (χ1v) is 9.91. The maximum atomic E-state index is 12.8. The number of carbonyl (C=O) groups is 2. The molecule has 1 fully saturated rings. The average molecular weight is 380 g/mol. The number of aromatic nitrogens is 1. The molecule has 0 radical (unpaired) electrons. The van der Waals surface area contributed by atoms with E-state index < -0.39 is 0 Å². The Kier molecular flexibility index (Phi) is 6.45. The van der Waals surface area contributed by atoms with Crippen LogP contribution in [0.1, 0.15) is 53.0 Å². The zero-order chi connectivity index (χ0) is 20.1. The number of carbonyl (C=O) groups excluding carboxylic acids is 2. The fraction of sp³-hybridized carbons (Fsp3) is 0.435. The van der Waals surface area contributed by atoms with E-state index in [0.717, 1.165) is 12.0 Å². The molecule has 0 bridgehead atoms. The Balaban J connectivity index is 1.60. The van der Waals surface area contributed by atoms with Gasteiger partial charge in [0.2, 0.25) is 5.88 Å². The van der Waals surface area contributed by atoms with Crippen LogP contribution in [-0.2, 0) is 6.42 Å². The summed E-state index contributed by atoms with van der Waals surface area (Å²) in [6, 6.07) is 11.5. The van der Waals surface area contributed by atoms with E-state index in [0.29, 0.717) is 43.3 Å². The number of methoxy groups -OCH3 is 1. The van der Waals surface area contributed by atoms with Gasteiger partial charge in [-0.05, 0) is 42.9 Å². The smallest absolute Gasteiger partial charge is 0.259 e. The summed E-state index contributed by atoms with van der Waals surface area (Å²) in [6.07, 6.45) is 3.99. The van der Waals surface area contributed by atoms with Crippen LogP contribution in [0.3, 0.4) is 0 Å². The number of hydrogen-bond donors (Lipinski definition) is 0. The van der Waals surface area contributed by atoms with Gasteiger partial charge in [0.05, 0.1) is 7.11 Å². The minimum absolute atomic E-state index is 0.0317. The largest absolute Gasteiger partial charge is 0.480 e. The standard InChI is InChI=1S/C23H28N2O3/c1-16(2)15-17-6-8-18(9-7-17)21(26)19-10-13-25(14-11-19)23(27)20-5-4-12-24-22(20)28-3/h4-9,12,16,19H,10-11,13-15H2,1-3H3. The number of pyridine rings is 1. The molecular weight excluding hydrogens is 352 g/mol. The van der Waals surface area contributed by atoms with Gasteiger partial charge < -0.3 is 9.64 Å². The third-order valence-electron chi connectivity index (χ3n) is 5.23. The lowest BCUT2D eigenvalue weighted by Crippen LogP contribution is -2.40. The van der Waals surface area contributed by atoms with Crippen molar-refractivity contribution >= 4 is 11.7 Å². The molecule has 1 aromatic heterocycles. The number of nitrogens with zero attached hydrogens (tertiary/aromatic N) is 2. The van der Waals surface area contributed by atoms with Crippen LogP contribution in [-0.4, -0.2) is 41.8 Å². The van der Waals surface area contributed by atoms with Gasteiger partial charge >= 0.3 is 0 Å². The van der Waals surface area contributed by atoms with Gasteiger partial charge in [0.15, 0.2) is 5.78 Å². The lowest BCUT2D eigenvalue weighted by molar-refractivity contribution is 0.0647. The average Bonchev–Trinajstić information content (AvgIpc) is 2.73. The van der Waals surface area contributed by atoms with E-state index in [2.05, 4.69) is 31.0 Å². The maximum absolute atomic E-state index is 12.8. The normalized spacial score (nSPS) is 14.9. The molecule has 0 N–H and O–H groups in total. The van der Waals surface area contributed by atoms with E-state index in [1.165, 1.54) is 12.7 Å². The number of likely N-dealkylation sites (tertiary alicyclic amines) is 1. The lowest BCUT2D eigenvalue weighted by atomic mass is 9.88. The van der Waals surface area contributed by atoms with Crippen molar-refractivity contribution in [1.82, 2.24) is 9.88 Å². The molecule has 0 unspecified atom stereocenters. The first-order chi connectivity index (χ1) is 13.5. The molecule has 5 heteroatoms. The molecule has 0 atom stereocenters. The predicted molar refractivity (Wildman–Crippen MR) is 109 cm³/mol. The quantitative estimate of drug-likeness (QED) is 0.710. The van der Waals surface area contributed by atoms with Crippen LogP contribution in [0, 0.1) is 11.8 Å². The second-order valence-electron chi connectivity index (χ2n) is 7.79. The van der Waals surface area contributed by atoms with Crippen molar-refractivity contribution < 1.29 is 14.3 Å². The summed E-state index contributed by atoms with van der Waals surface area (Å²) < 4.78 is 5.20. The van der Waals surface area contributed by atoms with Gasteiger partial charge in [-0.25, -0.2) is 4.98 Å². The summed E-state index contributed by atoms with van der Waals surface area (Å²) in [6.45, 7) is 5.52. The van der Waals surface area contributed by atoms with Gasteiger partial charge in [0.1, 0.15) is 5.56 Å². The molecular formula is C23H28N2O3. The minimum atomic E-state index is -0.0890. The van der Waals surface area contributed by atoms with Crippen LogP contribution in [0.15, 0.2) is 42.6 Å². The summed E-state index contributed by atoms with van der Waals surface area (Å²) >= 11 is 0. The van der Waals surface area contributed by atoms with Gasteiger partial charge in [-0.1, -0.05) is 38.1 Å². The second kappa shape index (κ2) is 9.00. The predicted octanol–water partition coefficient (Wildman–Crippen LogP) is 4.02. The van der Waals surface area contributed by atoms with E-state index in [4.69, 9.17) is 4.74 Å². The van der Waals surface area contributed by atoms with Crippen molar-refractivity contribution in [2.75, 3.05) is 20.2 Å². The Hall–Kier alpha value is -2.69. The first-order valence-electron chi connectivity index (χ1n) is 9.91. The fourth-order valence-electron chi connectivity index (χ4n) is 3.74. The van der Waals surface area contributed by atoms with Crippen LogP contribution in [0.2, 0.25) is 0 Å². The third kappa shape index (κ3) is 4.58. The number of rotatable bonds is 6. The number of ketones is 1. The molecule has 0 spiro atoms. The van der Waals surface area contributed by atoms with Crippen molar-refractivity contribution in [3.63, 3.8) is 0 Å². The molecule has 1 amide bonds. The Bertz CT molecular complexity index is 822. The SMILES string of the molecule is COc1ncccc1C(=O)N1CCC(C(=O)c2ccc(CC(C)C)cc2)CC1. The van der Waals surface area contributed by atoms with E-state index in [9.17, 15) is 9.59 Å². The highest BCUT2D eigenvalue weighted by molar-refractivity contribution is 5.99. The Morgan fingerprint density at radius 3 is 2.43 bits per heavy atom. The van der Waals surface area contributed by atoms with E-state index >= 15 is 0 Å². The zero-order valence-corrected chi connectivity index (χ0v) is 16.9. The first kappa shape index (κ1) is 20.1. The number of hydrogen-bond acceptors (Lipinski definition) is 4. The van der Waals surface area contributed by atoms with E-state index in [-0.39, 0.29) is 17.6 Å². The molecule has 1 aromatic carbocycles. The van der Waals surface area contributed by atoms with Gasteiger partial charge in [-0.15, -0.1) is 0 Å². The molecule has 1 saturated heterocycles. The maximum Gasteiger partial charge on any atom is 0.259 e. The van der Waals surface area contributed by atoms with Crippen molar-refractivity contribution in [2.24, 2.45) is 11.8 Å². The van der Waals surface area contributed by atoms with Gasteiger partial charge in [0, 0.05) is 30.8 Å². The van der Waals surface area contributed by atoms with E-state index in [1.807, 2.05) is 12.1 Å². The minimum Gasteiger partial charge on any atom is -0.480 e. The molecule has 1 aliphatic heterocycles. The van der Waals surface area contributed by atoms with Crippen LogP contribution in [0.25, 0.3) is 0 Å². The number of piperidine rings is 1. The molecule has 5 nitrogen and oxygen atoms in total. The van der Waals surface area contributed by atoms with Crippen molar-refractivity contribution in [2.45, 2.75) is 33.1 Å². The molecule has 1 aliphatic rings. The molecule has 3 rings (SSSR count). The zero-order valence-electron chi connectivity index (χ0n) is 16.9. The highest BCUT2D eigenvalue weighted by Crippen LogP contribution is 2.25. The van der Waals surface area contributed by atoms with Gasteiger partial charge in [-0.3, -0.25) is 9.59 Å². The van der Waals surface area contributed by atoms with Crippen LogP contribution in [0.5, 0.6) is 5.88 Å². The molecule has 0 saturated carbocycles. The molecule has 0 aliphatic carbocycles. The monoisotopic (exact) mass is 380 g/mol.